The minimum absolute atomic E-state index is 0.121. The van der Waals surface area contributed by atoms with Crippen molar-refractivity contribution in [1.29, 1.82) is 0 Å². The van der Waals surface area contributed by atoms with Gasteiger partial charge in [-0.05, 0) is 12.8 Å². The summed E-state index contributed by atoms with van der Waals surface area (Å²) in [6, 6.07) is 0. The average molecular weight is 300 g/mol. The van der Waals surface area contributed by atoms with Gasteiger partial charge in [0.2, 0.25) is 0 Å². The first-order valence-electron chi connectivity index (χ1n) is 7.05. The van der Waals surface area contributed by atoms with E-state index in [0.717, 1.165) is 19.4 Å². The van der Waals surface area contributed by atoms with Gasteiger partial charge in [0.15, 0.2) is 0 Å². The quantitative estimate of drug-likeness (QED) is 0.524. The number of aromatic amines is 1. The Balaban J connectivity index is 2.68. The van der Waals surface area contributed by atoms with Gasteiger partial charge in [-0.15, -0.1) is 0 Å². The van der Waals surface area contributed by atoms with Crippen LogP contribution in [-0.2, 0) is 16.0 Å². The van der Waals surface area contributed by atoms with Crippen LogP contribution in [0.1, 0.15) is 19.8 Å². The van der Waals surface area contributed by atoms with Crippen molar-refractivity contribution in [3.8, 4) is 0 Å². The highest BCUT2D eigenvalue weighted by atomic mass is 16.5. The number of H-pyrrole nitrogens is 1. The van der Waals surface area contributed by atoms with Gasteiger partial charge in [0.1, 0.15) is 11.5 Å². The molecule has 0 aliphatic rings. The number of methoxy groups -OCH3 is 1. The molecule has 0 spiro atoms. The Bertz CT molecular complexity index is 538. The van der Waals surface area contributed by atoms with Crippen LogP contribution in [0, 0.1) is 0 Å². The van der Waals surface area contributed by atoms with E-state index in [1.54, 1.807) is 0 Å². The van der Waals surface area contributed by atoms with E-state index in [4.69, 9.17) is 15.2 Å². The lowest BCUT2D eigenvalue weighted by Crippen LogP contribution is -2.35. The van der Waals surface area contributed by atoms with Gasteiger partial charge in [-0.1, -0.05) is 6.92 Å². The number of nitrogens with one attached hydrogen (secondary N) is 2. The number of aromatic nitrogens is 2. The summed E-state index contributed by atoms with van der Waals surface area (Å²) in [6.07, 6.45) is 1.72. The largest absolute Gasteiger partial charge is 0.383 e. The fourth-order valence-electron chi connectivity index (χ4n) is 1.80. The number of ether oxygens (including phenoxy) is 2. The number of nitrogens with two attached hydrogens (primary N) is 1. The van der Waals surface area contributed by atoms with Crippen LogP contribution in [0.2, 0.25) is 0 Å². The number of hydrogen-bond donors (Lipinski definition) is 3. The molecule has 1 aromatic rings. The van der Waals surface area contributed by atoms with E-state index in [2.05, 4.69) is 10.3 Å². The van der Waals surface area contributed by atoms with Crippen LogP contribution in [-0.4, -0.2) is 43.0 Å². The zero-order valence-corrected chi connectivity index (χ0v) is 12.6. The smallest absolute Gasteiger partial charge is 0.330 e. The van der Waals surface area contributed by atoms with Gasteiger partial charge in [0, 0.05) is 26.9 Å². The maximum atomic E-state index is 11.8. The maximum absolute atomic E-state index is 11.8. The molecule has 1 rings (SSSR count). The van der Waals surface area contributed by atoms with Crippen molar-refractivity contribution in [1.82, 2.24) is 9.55 Å². The normalized spacial score (nSPS) is 10.8. The molecule has 1 heterocycles. The predicted octanol–water partition coefficient (Wildman–Crippen LogP) is -0.00620. The molecule has 0 saturated heterocycles. The van der Waals surface area contributed by atoms with Crippen molar-refractivity contribution < 1.29 is 9.47 Å². The van der Waals surface area contributed by atoms with E-state index < -0.39 is 11.2 Å². The molecule has 0 fully saturated rings. The molecule has 0 aromatic carbocycles. The van der Waals surface area contributed by atoms with E-state index in [1.165, 1.54) is 11.7 Å². The van der Waals surface area contributed by atoms with Crippen LogP contribution < -0.4 is 22.3 Å². The Morgan fingerprint density at radius 1 is 1.29 bits per heavy atom. The van der Waals surface area contributed by atoms with Crippen molar-refractivity contribution in [2.24, 2.45) is 0 Å². The molecule has 0 unspecified atom stereocenters. The van der Waals surface area contributed by atoms with E-state index in [9.17, 15) is 9.59 Å². The first-order valence-corrected chi connectivity index (χ1v) is 7.05. The van der Waals surface area contributed by atoms with E-state index in [-0.39, 0.29) is 18.1 Å². The van der Waals surface area contributed by atoms with Crippen LogP contribution in [0.3, 0.4) is 0 Å². The zero-order valence-electron chi connectivity index (χ0n) is 12.6. The van der Waals surface area contributed by atoms with Crippen LogP contribution in [0.5, 0.6) is 0 Å². The molecular weight excluding hydrogens is 276 g/mol. The number of anilines is 2. The Kier molecular flexibility index (Phi) is 7.55. The second-order valence-electron chi connectivity index (χ2n) is 4.56. The third kappa shape index (κ3) is 5.24. The summed E-state index contributed by atoms with van der Waals surface area (Å²) >= 11 is 0. The summed E-state index contributed by atoms with van der Waals surface area (Å²) in [5, 5.41) is 2.95. The molecule has 0 saturated carbocycles. The summed E-state index contributed by atoms with van der Waals surface area (Å²) in [6.45, 7) is 4.54. The minimum atomic E-state index is -0.536. The minimum Gasteiger partial charge on any atom is -0.383 e. The monoisotopic (exact) mass is 300 g/mol. The highest BCUT2D eigenvalue weighted by molar-refractivity contribution is 5.60. The van der Waals surface area contributed by atoms with Crippen molar-refractivity contribution in [2.75, 3.05) is 44.5 Å². The van der Waals surface area contributed by atoms with E-state index in [1.807, 2.05) is 6.92 Å². The predicted molar refractivity (Wildman–Crippen MR) is 81.8 cm³/mol. The van der Waals surface area contributed by atoms with Crippen LogP contribution in [0.15, 0.2) is 9.59 Å². The first-order chi connectivity index (χ1) is 10.1. The SMILES string of the molecule is CCCOCCCNc1c(N)n(CCOC)c(=O)[nH]c1=O. The van der Waals surface area contributed by atoms with Crippen molar-refractivity contribution >= 4 is 11.5 Å². The Labute approximate surface area is 123 Å². The van der Waals surface area contributed by atoms with Crippen LogP contribution in [0.25, 0.3) is 0 Å². The third-order valence-corrected chi connectivity index (χ3v) is 2.87. The van der Waals surface area contributed by atoms with Gasteiger partial charge >= 0.3 is 5.69 Å². The highest BCUT2D eigenvalue weighted by Crippen LogP contribution is 2.09. The number of rotatable bonds is 10. The topological polar surface area (TPSA) is 111 Å². The highest BCUT2D eigenvalue weighted by Gasteiger charge is 2.11. The standard InChI is InChI=1S/C13H24N4O4/c1-3-7-21-8-4-5-15-10-11(14)17(6-9-20-2)13(19)16-12(10)18/h15H,3-9,14H2,1-2H3,(H,16,18,19). The van der Waals surface area contributed by atoms with Crippen molar-refractivity contribution in [2.45, 2.75) is 26.3 Å². The lowest BCUT2D eigenvalue weighted by molar-refractivity contribution is 0.134. The second-order valence-corrected chi connectivity index (χ2v) is 4.56. The van der Waals surface area contributed by atoms with Gasteiger partial charge in [-0.25, -0.2) is 4.79 Å². The van der Waals surface area contributed by atoms with E-state index >= 15 is 0 Å². The number of nitrogen functional groups attached to an aromatic ring is 1. The van der Waals surface area contributed by atoms with Crippen LogP contribution >= 0.6 is 0 Å². The maximum Gasteiger partial charge on any atom is 0.330 e. The summed E-state index contributed by atoms with van der Waals surface area (Å²) in [4.78, 5) is 25.7. The average Bonchev–Trinajstić information content (AvgIpc) is 2.45. The lowest BCUT2D eigenvalue weighted by atomic mass is 10.4. The molecule has 0 aliphatic carbocycles. The van der Waals surface area contributed by atoms with Gasteiger partial charge in [0.05, 0.1) is 13.2 Å². The molecule has 0 bridgehead atoms. The Morgan fingerprint density at radius 3 is 2.71 bits per heavy atom. The summed E-state index contributed by atoms with van der Waals surface area (Å²) in [5.41, 5.74) is 5.04. The van der Waals surface area contributed by atoms with Gasteiger partial charge < -0.3 is 20.5 Å². The molecule has 0 aliphatic heterocycles. The summed E-state index contributed by atoms with van der Waals surface area (Å²) in [5.74, 6) is 0.121. The molecule has 1 aromatic heterocycles. The van der Waals surface area contributed by atoms with Gasteiger partial charge in [0.25, 0.3) is 5.56 Å². The third-order valence-electron chi connectivity index (χ3n) is 2.87. The first kappa shape index (κ1) is 17.3. The molecule has 0 amide bonds. The summed E-state index contributed by atoms with van der Waals surface area (Å²) in [7, 11) is 1.53. The zero-order chi connectivity index (χ0) is 15.7. The van der Waals surface area contributed by atoms with Crippen molar-refractivity contribution in [3.05, 3.63) is 20.8 Å². The second kappa shape index (κ2) is 9.19. The van der Waals surface area contributed by atoms with Gasteiger partial charge in [-0.3, -0.25) is 14.3 Å². The fourth-order valence-corrected chi connectivity index (χ4v) is 1.80. The molecule has 4 N–H and O–H groups in total. The molecule has 120 valence electrons. The molecule has 21 heavy (non-hydrogen) atoms. The summed E-state index contributed by atoms with van der Waals surface area (Å²) < 4.78 is 11.5. The molecular formula is C13H24N4O4. The van der Waals surface area contributed by atoms with Crippen LogP contribution in [0.4, 0.5) is 11.5 Å². The lowest BCUT2D eigenvalue weighted by Gasteiger charge is -2.13. The number of nitrogens with zero attached hydrogens (tertiary/aromatic N) is 1. The van der Waals surface area contributed by atoms with Gasteiger partial charge in [-0.2, -0.15) is 0 Å². The van der Waals surface area contributed by atoms with Crippen molar-refractivity contribution in [3.63, 3.8) is 0 Å². The molecule has 0 radical (unpaired) electrons. The molecule has 8 heteroatoms. The molecule has 8 nitrogen and oxygen atoms in total. The fraction of sp³-hybridized carbons (Fsp3) is 0.692. The Morgan fingerprint density at radius 2 is 2.05 bits per heavy atom. The number of hydrogen-bond acceptors (Lipinski definition) is 6. The Hall–Kier alpha value is -1.80. The molecule has 0 atom stereocenters. The van der Waals surface area contributed by atoms with E-state index in [0.29, 0.717) is 19.8 Å².